The van der Waals surface area contributed by atoms with E-state index in [1.165, 1.54) is 0 Å². The molecule has 92 valence electrons. The Morgan fingerprint density at radius 2 is 1.44 bits per heavy atom. The van der Waals surface area contributed by atoms with Crippen LogP contribution < -0.4 is 11.5 Å². The Hall–Kier alpha value is -2.13. The molecular weight excluding hydrogens is 246 g/mol. The molecule has 0 fully saturated rings. The Bertz CT molecular complexity index is 671. The van der Waals surface area contributed by atoms with E-state index in [4.69, 9.17) is 11.5 Å². The highest BCUT2D eigenvalue weighted by atomic mass is 35.5. The largest absolute Gasteiger partial charge is 0.399 e. The third kappa shape index (κ3) is 2.13. The van der Waals surface area contributed by atoms with Gasteiger partial charge in [-0.25, -0.2) is 0 Å². The monoisotopic (exact) mass is 259 g/mol. The number of rotatable bonds is 1. The second-order valence-electron chi connectivity index (χ2n) is 4.15. The predicted molar refractivity (Wildman–Crippen MR) is 79.8 cm³/mol. The number of benzene rings is 2. The summed E-state index contributed by atoms with van der Waals surface area (Å²) in [5.41, 5.74) is 16.2. The Balaban J connectivity index is 0.00000120. The summed E-state index contributed by atoms with van der Waals surface area (Å²) in [6.07, 6.45) is 0. The molecule has 18 heavy (non-hydrogen) atoms. The zero-order valence-corrected chi connectivity index (χ0v) is 10.5. The summed E-state index contributed by atoms with van der Waals surface area (Å²) < 4.78 is 0. The van der Waals surface area contributed by atoms with E-state index in [1.807, 2.05) is 42.5 Å². The van der Waals surface area contributed by atoms with E-state index in [0.717, 1.165) is 33.5 Å². The summed E-state index contributed by atoms with van der Waals surface area (Å²) in [5, 5.41) is 1.16. The van der Waals surface area contributed by atoms with Gasteiger partial charge in [0.15, 0.2) is 0 Å². The van der Waals surface area contributed by atoms with Crippen molar-refractivity contribution in [2.24, 2.45) is 0 Å². The highest BCUT2D eigenvalue weighted by Crippen LogP contribution is 2.25. The van der Waals surface area contributed by atoms with Crippen LogP contribution >= 0.6 is 12.4 Å². The van der Waals surface area contributed by atoms with Gasteiger partial charge in [-0.3, -0.25) is 0 Å². The number of nitrogens with one attached hydrogen (secondary N) is 1. The fourth-order valence-corrected chi connectivity index (χ4v) is 1.96. The lowest BCUT2D eigenvalue weighted by Gasteiger charge is -1.98. The summed E-state index contributed by atoms with van der Waals surface area (Å²) in [6.45, 7) is 0. The van der Waals surface area contributed by atoms with Gasteiger partial charge in [-0.15, -0.1) is 12.4 Å². The molecule has 0 atom stereocenters. The molecular formula is C14H14ClN3. The van der Waals surface area contributed by atoms with Crippen molar-refractivity contribution in [3.63, 3.8) is 0 Å². The number of hydrogen-bond donors (Lipinski definition) is 3. The van der Waals surface area contributed by atoms with Crippen LogP contribution in [0.1, 0.15) is 0 Å². The first kappa shape index (κ1) is 12.3. The van der Waals surface area contributed by atoms with E-state index < -0.39 is 0 Å². The average molecular weight is 260 g/mol. The van der Waals surface area contributed by atoms with Gasteiger partial charge in [-0.1, -0.05) is 18.2 Å². The van der Waals surface area contributed by atoms with E-state index >= 15 is 0 Å². The molecule has 2 aromatic carbocycles. The van der Waals surface area contributed by atoms with Crippen molar-refractivity contribution >= 4 is 34.7 Å². The second kappa shape index (κ2) is 4.63. The van der Waals surface area contributed by atoms with Crippen LogP contribution in [-0.4, -0.2) is 4.98 Å². The van der Waals surface area contributed by atoms with Crippen molar-refractivity contribution in [2.75, 3.05) is 11.5 Å². The van der Waals surface area contributed by atoms with E-state index in [9.17, 15) is 0 Å². The summed E-state index contributed by atoms with van der Waals surface area (Å²) in [7, 11) is 0. The molecule has 0 aliphatic carbocycles. The number of anilines is 2. The molecule has 0 saturated carbocycles. The highest BCUT2D eigenvalue weighted by molar-refractivity contribution is 5.88. The minimum atomic E-state index is 0. The lowest BCUT2D eigenvalue weighted by molar-refractivity contribution is 1.45. The number of aromatic nitrogens is 1. The second-order valence-corrected chi connectivity index (χ2v) is 4.15. The summed E-state index contributed by atoms with van der Waals surface area (Å²) in [4.78, 5) is 3.35. The molecule has 4 heteroatoms. The minimum absolute atomic E-state index is 0. The number of hydrogen-bond acceptors (Lipinski definition) is 2. The van der Waals surface area contributed by atoms with Crippen molar-refractivity contribution in [3.8, 4) is 11.3 Å². The van der Waals surface area contributed by atoms with Gasteiger partial charge in [0, 0.05) is 28.0 Å². The molecule has 0 spiro atoms. The zero-order valence-electron chi connectivity index (χ0n) is 9.68. The number of nitrogens with two attached hydrogens (primary N) is 2. The Morgan fingerprint density at radius 3 is 2.17 bits per heavy atom. The first-order valence-corrected chi connectivity index (χ1v) is 5.46. The quantitative estimate of drug-likeness (QED) is 0.586. The number of H-pyrrole nitrogens is 1. The van der Waals surface area contributed by atoms with Gasteiger partial charge in [-0.2, -0.15) is 0 Å². The Labute approximate surface area is 111 Å². The zero-order chi connectivity index (χ0) is 11.8. The topological polar surface area (TPSA) is 67.8 Å². The van der Waals surface area contributed by atoms with Gasteiger partial charge in [0.05, 0.1) is 0 Å². The van der Waals surface area contributed by atoms with Crippen molar-refractivity contribution in [1.82, 2.24) is 4.98 Å². The molecule has 0 saturated heterocycles. The maximum Gasteiger partial charge on any atom is 0.0479 e. The molecule has 0 aliphatic rings. The molecule has 3 aromatic rings. The van der Waals surface area contributed by atoms with Crippen LogP contribution in [0.3, 0.4) is 0 Å². The maximum atomic E-state index is 5.76. The van der Waals surface area contributed by atoms with Gasteiger partial charge in [0.25, 0.3) is 0 Å². The van der Waals surface area contributed by atoms with Gasteiger partial charge >= 0.3 is 0 Å². The van der Waals surface area contributed by atoms with Gasteiger partial charge in [0.1, 0.15) is 0 Å². The first-order valence-electron chi connectivity index (χ1n) is 5.46. The molecule has 0 bridgehead atoms. The van der Waals surface area contributed by atoms with E-state index in [2.05, 4.69) is 11.1 Å². The van der Waals surface area contributed by atoms with Crippen LogP contribution in [0.4, 0.5) is 11.4 Å². The Kier molecular flexibility index (Phi) is 3.17. The number of fused-ring (bicyclic) bond motifs is 1. The van der Waals surface area contributed by atoms with E-state index in [-0.39, 0.29) is 12.4 Å². The van der Waals surface area contributed by atoms with Gasteiger partial charge in [-0.05, 0) is 35.9 Å². The van der Waals surface area contributed by atoms with E-state index in [1.54, 1.807) is 0 Å². The summed E-state index contributed by atoms with van der Waals surface area (Å²) in [6, 6.07) is 15.8. The van der Waals surface area contributed by atoms with Crippen LogP contribution in [-0.2, 0) is 0 Å². The van der Waals surface area contributed by atoms with Crippen LogP contribution in [0.15, 0.2) is 48.5 Å². The lowest BCUT2D eigenvalue weighted by atomic mass is 10.1. The maximum absolute atomic E-state index is 5.76. The molecule has 1 heterocycles. The van der Waals surface area contributed by atoms with Gasteiger partial charge in [0.2, 0.25) is 0 Å². The predicted octanol–water partition coefficient (Wildman–Crippen LogP) is 3.42. The van der Waals surface area contributed by atoms with Crippen molar-refractivity contribution in [3.05, 3.63) is 48.5 Å². The summed E-state index contributed by atoms with van der Waals surface area (Å²) >= 11 is 0. The third-order valence-electron chi connectivity index (χ3n) is 2.87. The minimum Gasteiger partial charge on any atom is -0.399 e. The van der Waals surface area contributed by atoms with Crippen LogP contribution in [0.5, 0.6) is 0 Å². The smallest absolute Gasteiger partial charge is 0.0479 e. The van der Waals surface area contributed by atoms with E-state index in [0.29, 0.717) is 0 Å². The average Bonchev–Trinajstić information content (AvgIpc) is 2.72. The summed E-state index contributed by atoms with van der Waals surface area (Å²) in [5.74, 6) is 0. The first-order chi connectivity index (χ1) is 8.22. The van der Waals surface area contributed by atoms with Crippen molar-refractivity contribution in [1.29, 1.82) is 0 Å². The lowest BCUT2D eigenvalue weighted by Crippen LogP contribution is -1.84. The highest BCUT2D eigenvalue weighted by Gasteiger charge is 2.03. The molecule has 3 nitrogen and oxygen atoms in total. The standard InChI is InChI=1S/C14H13N3.ClH/c15-11-4-1-9(2-5-11)13-7-10-3-6-12(16)8-14(10)17-13;/h1-8,17H,15-16H2;1H. The fourth-order valence-electron chi connectivity index (χ4n) is 1.96. The number of nitrogen functional groups attached to an aromatic ring is 2. The molecule has 1 aromatic heterocycles. The SMILES string of the molecule is Cl.Nc1ccc(-c2cc3ccc(N)cc3[nH]2)cc1. The van der Waals surface area contributed by atoms with Gasteiger partial charge < -0.3 is 16.5 Å². The molecule has 0 aliphatic heterocycles. The molecule has 3 rings (SSSR count). The number of aromatic amines is 1. The fraction of sp³-hybridized carbons (Fsp3) is 0. The Morgan fingerprint density at radius 1 is 0.778 bits per heavy atom. The van der Waals surface area contributed by atoms with Crippen molar-refractivity contribution in [2.45, 2.75) is 0 Å². The molecule has 0 unspecified atom stereocenters. The van der Waals surface area contributed by atoms with Crippen LogP contribution in [0.2, 0.25) is 0 Å². The van der Waals surface area contributed by atoms with Crippen molar-refractivity contribution < 1.29 is 0 Å². The number of halogens is 1. The van der Waals surface area contributed by atoms with Crippen LogP contribution in [0.25, 0.3) is 22.2 Å². The molecule has 0 amide bonds. The molecule has 5 N–H and O–H groups in total. The third-order valence-corrected chi connectivity index (χ3v) is 2.87. The molecule has 0 radical (unpaired) electrons. The normalized spacial score (nSPS) is 10.2. The van der Waals surface area contributed by atoms with Crippen LogP contribution in [0, 0.1) is 0 Å².